The van der Waals surface area contributed by atoms with Crippen LogP contribution in [-0.4, -0.2) is 60.5 Å². The molecule has 2 aromatic heterocycles. The molecule has 37 heavy (non-hydrogen) atoms. The maximum Gasteiger partial charge on any atom is 0.410 e. The number of carboxylic acid groups (broad SMARTS) is 1. The Hall–Kier alpha value is -3.31. The number of nitrogens with zero attached hydrogens (tertiary/aromatic N) is 4. The van der Waals surface area contributed by atoms with Gasteiger partial charge in [0.1, 0.15) is 11.1 Å². The number of H-pyrrole nitrogens is 1. The van der Waals surface area contributed by atoms with Gasteiger partial charge in [-0.15, -0.1) is 0 Å². The van der Waals surface area contributed by atoms with Gasteiger partial charge >= 0.3 is 12.1 Å². The van der Waals surface area contributed by atoms with Crippen LogP contribution in [0.1, 0.15) is 39.2 Å². The van der Waals surface area contributed by atoms with Crippen molar-refractivity contribution in [3.63, 3.8) is 0 Å². The lowest BCUT2D eigenvalue weighted by atomic mass is 9.78. The number of anilines is 1. The van der Waals surface area contributed by atoms with Crippen LogP contribution in [0.3, 0.4) is 0 Å². The fourth-order valence-electron chi connectivity index (χ4n) is 4.22. The summed E-state index contributed by atoms with van der Waals surface area (Å²) in [7, 11) is 0. The highest BCUT2D eigenvalue weighted by molar-refractivity contribution is 6.42. The first-order valence-electron chi connectivity index (χ1n) is 11.7. The van der Waals surface area contributed by atoms with Gasteiger partial charge in [0.25, 0.3) is 5.56 Å². The lowest BCUT2D eigenvalue weighted by Gasteiger charge is -2.39. The average Bonchev–Trinajstić information content (AvgIpc) is 3.22. The van der Waals surface area contributed by atoms with E-state index < -0.39 is 28.6 Å². The number of hydrogen-bond donors (Lipinski definition) is 3. The summed E-state index contributed by atoms with van der Waals surface area (Å²) in [6, 6.07) is 5.20. The molecule has 1 fully saturated rings. The van der Waals surface area contributed by atoms with E-state index in [9.17, 15) is 19.5 Å². The highest BCUT2D eigenvalue weighted by Crippen LogP contribution is 2.35. The summed E-state index contributed by atoms with van der Waals surface area (Å²) in [5.74, 6) is -0.772. The molecule has 0 bridgehead atoms. The van der Waals surface area contributed by atoms with Crippen LogP contribution < -0.4 is 10.9 Å². The first-order valence-corrected chi connectivity index (χ1v) is 12.5. The number of fused-ring (bicyclic) bond motifs is 1. The van der Waals surface area contributed by atoms with E-state index in [1.54, 1.807) is 39.0 Å². The Balaban J connectivity index is 1.49. The van der Waals surface area contributed by atoms with Crippen molar-refractivity contribution in [1.82, 2.24) is 24.6 Å². The Morgan fingerprint density at radius 2 is 1.92 bits per heavy atom. The summed E-state index contributed by atoms with van der Waals surface area (Å²) >= 11 is 12.0. The van der Waals surface area contributed by atoms with Crippen LogP contribution in [0.25, 0.3) is 11.0 Å². The molecule has 3 aromatic rings. The number of amides is 1. The Morgan fingerprint density at radius 1 is 1.22 bits per heavy atom. The van der Waals surface area contributed by atoms with Gasteiger partial charge in [-0.05, 0) is 51.3 Å². The van der Waals surface area contributed by atoms with E-state index in [0.29, 0.717) is 22.1 Å². The van der Waals surface area contributed by atoms with Gasteiger partial charge in [0.2, 0.25) is 5.95 Å². The molecular formula is C24H28Cl2N6O5. The van der Waals surface area contributed by atoms with Gasteiger partial charge in [-0.2, -0.15) is 5.10 Å². The van der Waals surface area contributed by atoms with E-state index >= 15 is 0 Å². The highest BCUT2D eigenvalue weighted by Gasteiger charge is 2.44. The largest absolute Gasteiger partial charge is 0.481 e. The zero-order valence-electron chi connectivity index (χ0n) is 20.7. The van der Waals surface area contributed by atoms with E-state index in [0.717, 1.165) is 5.56 Å². The van der Waals surface area contributed by atoms with Crippen molar-refractivity contribution < 1.29 is 19.4 Å². The number of carbonyl (C=O) groups is 2. The number of carbonyl (C=O) groups excluding carboxylic acids is 1. The van der Waals surface area contributed by atoms with Gasteiger partial charge in [0, 0.05) is 19.6 Å². The molecule has 0 spiro atoms. The Kier molecular flexibility index (Phi) is 7.38. The van der Waals surface area contributed by atoms with Gasteiger partial charge in [-0.25, -0.2) is 9.78 Å². The molecule has 1 saturated heterocycles. The maximum absolute atomic E-state index is 12.9. The fraction of sp³-hybridized carbons (Fsp3) is 0.458. The number of carboxylic acids is 1. The van der Waals surface area contributed by atoms with Crippen LogP contribution in [0.5, 0.6) is 0 Å². The van der Waals surface area contributed by atoms with Crippen LogP contribution in [0.2, 0.25) is 10.0 Å². The van der Waals surface area contributed by atoms with Crippen LogP contribution in [0.4, 0.5) is 10.7 Å². The minimum atomic E-state index is -1.20. The van der Waals surface area contributed by atoms with Gasteiger partial charge in [-0.1, -0.05) is 29.3 Å². The maximum atomic E-state index is 12.9. The van der Waals surface area contributed by atoms with Crippen LogP contribution in [-0.2, 0) is 22.6 Å². The first-order chi connectivity index (χ1) is 17.4. The number of nitrogens with one attached hydrogen (secondary N) is 2. The Labute approximate surface area is 222 Å². The Bertz CT molecular complexity index is 1390. The molecule has 0 unspecified atom stereocenters. The minimum Gasteiger partial charge on any atom is -0.481 e. The molecule has 3 heterocycles. The van der Waals surface area contributed by atoms with Crippen molar-refractivity contribution in [3.05, 3.63) is 50.4 Å². The van der Waals surface area contributed by atoms with Crippen LogP contribution in [0.15, 0.2) is 29.2 Å². The number of piperidine rings is 1. The second-order valence-electron chi connectivity index (χ2n) is 10.1. The van der Waals surface area contributed by atoms with Gasteiger partial charge in [0.15, 0.2) is 5.52 Å². The smallest absolute Gasteiger partial charge is 0.410 e. The first kappa shape index (κ1) is 26.7. The third-order valence-corrected chi connectivity index (χ3v) is 6.96. The predicted molar refractivity (Wildman–Crippen MR) is 139 cm³/mol. The van der Waals surface area contributed by atoms with Crippen molar-refractivity contribution in [1.29, 1.82) is 0 Å². The molecule has 0 aliphatic carbocycles. The molecule has 1 aliphatic heterocycles. The van der Waals surface area contributed by atoms with E-state index in [1.807, 2.05) is 0 Å². The van der Waals surface area contributed by atoms with E-state index in [4.69, 9.17) is 27.9 Å². The number of likely N-dealkylation sites (tertiary alicyclic amines) is 1. The number of aliphatic carboxylic acids is 1. The number of benzene rings is 1. The summed E-state index contributed by atoms with van der Waals surface area (Å²) in [5.41, 5.74) is -0.952. The highest BCUT2D eigenvalue weighted by atomic mass is 35.5. The number of rotatable bonds is 6. The normalized spacial score (nSPS) is 15.5. The summed E-state index contributed by atoms with van der Waals surface area (Å²) in [6.07, 6.45) is 1.34. The molecule has 4 rings (SSSR count). The number of aromatic nitrogens is 4. The van der Waals surface area contributed by atoms with Crippen molar-refractivity contribution >= 4 is 52.2 Å². The number of ether oxygens (including phenoxy) is 1. The standard InChI is InChI=1S/C24H28Cl2N6O5/c1-23(2,3)37-22(36)31-8-6-24(7-9-31,20(34)35)13-32-18-17(12-28-32)29-21(30-19(18)33)27-11-14-4-5-15(25)16(26)10-14/h4-5,10,12H,6-9,11,13H2,1-3H3,(H,34,35)(H2,27,29,30,33). The lowest BCUT2D eigenvalue weighted by Crippen LogP contribution is -2.49. The SMILES string of the molecule is CC(C)(C)OC(=O)N1CCC(Cn2ncc3nc(NCc4ccc(Cl)c(Cl)c4)[nH]c(=O)c32)(C(=O)O)CC1. The Morgan fingerprint density at radius 3 is 2.54 bits per heavy atom. The van der Waals surface area contributed by atoms with Crippen LogP contribution >= 0.6 is 23.2 Å². The topological polar surface area (TPSA) is 142 Å². The fourth-order valence-corrected chi connectivity index (χ4v) is 4.54. The van der Waals surface area contributed by atoms with Gasteiger partial charge < -0.3 is 20.1 Å². The lowest BCUT2D eigenvalue weighted by molar-refractivity contribution is -0.153. The molecule has 11 nitrogen and oxygen atoms in total. The van der Waals surface area contributed by atoms with Crippen molar-refractivity contribution in [2.45, 2.75) is 52.3 Å². The third kappa shape index (κ3) is 5.99. The zero-order valence-corrected chi connectivity index (χ0v) is 22.2. The third-order valence-electron chi connectivity index (χ3n) is 6.22. The van der Waals surface area contributed by atoms with Crippen molar-refractivity contribution in [2.75, 3.05) is 18.4 Å². The van der Waals surface area contributed by atoms with E-state index in [2.05, 4.69) is 20.4 Å². The predicted octanol–water partition coefficient (Wildman–Crippen LogP) is 4.14. The number of halogens is 2. The van der Waals surface area contributed by atoms with Crippen molar-refractivity contribution in [2.24, 2.45) is 5.41 Å². The molecule has 1 amide bonds. The number of hydrogen-bond acceptors (Lipinski definition) is 7. The number of aromatic amines is 1. The molecule has 1 aliphatic rings. The van der Waals surface area contributed by atoms with Crippen LogP contribution in [0, 0.1) is 5.41 Å². The second-order valence-corrected chi connectivity index (χ2v) is 10.9. The molecular weight excluding hydrogens is 523 g/mol. The van der Waals surface area contributed by atoms with Gasteiger partial charge in [0.05, 0.1) is 28.2 Å². The molecule has 0 saturated carbocycles. The average molecular weight is 551 g/mol. The summed E-state index contributed by atoms with van der Waals surface area (Å²) < 4.78 is 6.78. The second kappa shape index (κ2) is 10.2. The molecule has 1 aromatic carbocycles. The minimum absolute atomic E-state index is 0.0329. The van der Waals surface area contributed by atoms with Crippen molar-refractivity contribution in [3.8, 4) is 0 Å². The molecule has 198 valence electrons. The summed E-state index contributed by atoms with van der Waals surface area (Å²) in [4.78, 5) is 46.3. The summed E-state index contributed by atoms with van der Waals surface area (Å²) in [5, 5.41) is 18.3. The zero-order chi connectivity index (χ0) is 27.0. The summed E-state index contributed by atoms with van der Waals surface area (Å²) in [6.45, 7) is 6.08. The molecule has 0 atom stereocenters. The van der Waals surface area contributed by atoms with Gasteiger partial charge in [-0.3, -0.25) is 19.3 Å². The van der Waals surface area contributed by atoms with E-state index in [-0.39, 0.29) is 43.9 Å². The molecule has 0 radical (unpaired) electrons. The monoisotopic (exact) mass is 550 g/mol. The quantitative estimate of drug-likeness (QED) is 0.415. The van der Waals surface area contributed by atoms with E-state index in [1.165, 1.54) is 15.8 Å². The molecule has 13 heteroatoms. The molecule has 3 N–H and O–H groups in total.